The zero-order chi connectivity index (χ0) is 8.44. The molecule has 0 saturated carbocycles. The molecule has 0 aliphatic carbocycles. The van der Waals surface area contributed by atoms with E-state index in [9.17, 15) is 0 Å². The Morgan fingerprint density at radius 3 is 3.08 bits per heavy atom. The van der Waals surface area contributed by atoms with Crippen LogP contribution in [0.1, 0.15) is 26.2 Å². The third kappa shape index (κ3) is 1.54. The van der Waals surface area contributed by atoms with Gasteiger partial charge in [0, 0.05) is 6.42 Å². The molecule has 2 aliphatic heterocycles. The van der Waals surface area contributed by atoms with Crippen LogP contribution in [0, 0.1) is 0 Å². The topological polar surface area (TPSA) is 18.5 Å². The molecule has 0 bridgehead atoms. The van der Waals surface area contributed by atoms with E-state index >= 15 is 0 Å². The summed E-state index contributed by atoms with van der Waals surface area (Å²) in [5.74, 6) is 0. The van der Waals surface area contributed by atoms with Crippen LogP contribution in [0.25, 0.3) is 0 Å². The van der Waals surface area contributed by atoms with Crippen LogP contribution in [0.4, 0.5) is 0 Å². The fourth-order valence-electron chi connectivity index (χ4n) is 2.04. The summed E-state index contributed by atoms with van der Waals surface area (Å²) in [4.78, 5) is 0. The second-order valence-corrected chi connectivity index (χ2v) is 3.83. The Morgan fingerprint density at radius 1 is 1.42 bits per heavy atom. The Bertz CT molecular complexity index is 176. The van der Waals surface area contributed by atoms with Gasteiger partial charge in [0.25, 0.3) is 0 Å². The van der Waals surface area contributed by atoms with Gasteiger partial charge in [-0.2, -0.15) is 0 Å². The first-order valence-corrected chi connectivity index (χ1v) is 4.71. The van der Waals surface area contributed by atoms with Crippen LogP contribution in [0.2, 0.25) is 0 Å². The van der Waals surface area contributed by atoms with Crippen molar-refractivity contribution in [2.75, 3.05) is 13.2 Å². The average molecular weight is 168 g/mol. The minimum atomic E-state index is 0.0446. The Hall–Kier alpha value is -0.340. The molecule has 2 heteroatoms. The Labute approximate surface area is 73.5 Å². The maximum atomic E-state index is 5.81. The van der Waals surface area contributed by atoms with E-state index in [4.69, 9.17) is 9.47 Å². The zero-order valence-electron chi connectivity index (χ0n) is 7.58. The summed E-state index contributed by atoms with van der Waals surface area (Å²) in [7, 11) is 0. The molecule has 0 N–H and O–H groups in total. The van der Waals surface area contributed by atoms with Gasteiger partial charge in [0.15, 0.2) is 0 Å². The molecule has 2 aliphatic rings. The minimum Gasteiger partial charge on any atom is -0.375 e. The lowest BCUT2D eigenvalue weighted by molar-refractivity contribution is -0.0386. The van der Waals surface area contributed by atoms with E-state index in [-0.39, 0.29) is 5.60 Å². The van der Waals surface area contributed by atoms with Crippen LogP contribution in [0.3, 0.4) is 0 Å². The lowest BCUT2D eigenvalue weighted by atomic mass is 9.95. The fraction of sp³-hybridized carbons (Fsp3) is 0.800. The first-order valence-electron chi connectivity index (χ1n) is 4.71. The van der Waals surface area contributed by atoms with Crippen molar-refractivity contribution in [1.29, 1.82) is 0 Å². The molecule has 0 aromatic rings. The zero-order valence-corrected chi connectivity index (χ0v) is 7.58. The highest BCUT2D eigenvalue weighted by atomic mass is 16.6. The van der Waals surface area contributed by atoms with Crippen molar-refractivity contribution in [3.63, 3.8) is 0 Å². The van der Waals surface area contributed by atoms with Gasteiger partial charge in [0.2, 0.25) is 0 Å². The standard InChI is InChI=1S/C10H16O2/c1-9-7-10(8-11-9)5-3-2-4-6-12-10/h2,4,9H,3,5-8H2,1H3/t9-,10-/m1/s1. The maximum Gasteiger partial charge on any atom is 0.0946 e. The van der Waals surface area contributed by atoms with Crippen molar-refractivity contribution in [2.45, 2.75) is 37.9 Å². The van der Waals surface area contributed by atoms with Crippen molar-refractivity contribution in [1.82, 2.24) is 0 Å². The van der Waals surface area contributed by atoms with Crippen molar-refractivity contribution in [2.24, 2.45) is 0 Å². The van der Waals surface area contributed by atoms with Crippen LogP contribution in [0.5, 0.6) is 0 Å². The van der Waals surface area contributed by atoms with Crippen LogP contribution in [-0.2, 0) is 9.47 Å². The van der Waals surface area contributed by atoms with E-state index in [2.05, 4.69) is 19.1 Å². The Balaban J connectivity index is 2.01. The van der Waals surface area contributed by atoms with Gasteiger partial charge in [-0.05, 0) is 19.8 Å². The van der Waals surface area contributed by atoms with Gasteiger partial charge in [0.1, 0.15) is 0 Å². The molecule has 2 heterocycles. The van der Waals surface area contributed by atoms with Gasteiger partial charge in [0.05, 0.1) is 24.9 Å². The molecule has 0 amide bonds. The van der Waals surface area contributed by atoms with E-state index in [0.717, 1.165) is 32.5 Å². The fourth-order valence-corrected chi connectivity index (χ4v) is 2.04. The lowest BCUT2D eigenvalue weighted by Gasteiger charge is -2.25. The highest BCUT2D eigenvalue weighted by Gasteiger charge is 2.39. The largest absolute Gasteiger partial charge is 0.375 e. The van der Waals surface area contributed by atoms with Crippen LogP contribution >= 0.6 is 0 Å². The summed E-state index contributed by atoms with van der Waals surface area (Å²) in [6.45, 7) is 3.67. The van der Waals surface area contributed by atoms with Crippen LogP contribution in [0.15, 0.2) is 12.2 Å². The molecule has 68 valence electrons. The summed E-state index contributed by atoms with van der Waals surface area (Å²) < 4.78 is 11.4. The SMILES string of the molecule is C[C@@H]1C[C@]2(CCC=CCO2)CO1. The summed E-state index contributed by atoms with van der Waals surface area (Å²) in [5, 5.41) is 0. The van der Waals surface area contributed by atoms with Gasteiger partial charge in [-0.25, -0.2) is 0 Å². The smallest absolute Gasteiger partial charge is 0.0946 e. The number of hydrogen-bond donors (Lipinski definition) is 0. The molecule has 0 unspecified atom stereocenters. The first kappa shape index (κ1) is 8.27. The summed E-state index contributed by atoms with van der Waals surface area (Å²) >= 11 is 0. The normalized spacial score (nSPS) is 41.9. The van der Waals surface area contributed by atoms with Crippen molar-refractivity contribution < 1.29 is 9.47 Å². The summed E-state index contributed by atoms with van der Waals surface area (Å²) in [6.07, 6.45) is 8.01. The molecule has 1 spiro atoms. The molecule has 1 fully saturated rings. The third-order valence-electron chi connectivity index (χ3n) is 2.71. The number of ether oxygens (including phenoxy) is 2. The highest BCUT2D eigenvalue weighted by molar-refractivity contribution is 4.96. The van der Waals surface area contributed by atoms with Gasteiger partial charge < -0.3 is 9.47 Å². The van der Waals surface area contributed by atoms with Crippen molar-refractivity contribution in [3.8, 4) is 0 Å². The monoisotopic (exact) mass is 168 g/mol. The Morgan fingerprint density at radius 2 is 2.33 bits per heavy atom. The number of rotatable bonds is 0. The molecule has 0 aromatic carbocycles. The molecule has 0 radical (unpaired) electrons. The average Bonchev–Trinajstić information content (AvgIpc) is 2.30. The quantitative estimate of drug-likeness (QED) is 0.514. The van der Waals surface area contributed by atoms with Crippen molar-refractivity contribution in [3.05, 3.63) is 12.2 Å². The molecule has 1 saturated heterocycles. The van der Waals surface area contributed by atoms with E-state index in [1.807, 2.05) is 0 Å². The second-order valence-electron chi connectivity index (χ2n) is 3.83. The first-order chi connectivity index (χ1) is 5.81. The van der Waals surface area contributed by atoms with Gasteiger partial charge in [-0.3, -0.25) is 0 Å². The Kier molecular flexibility index (Phi) is 2.20. The molecular formula is C10H16O2. The van der Waals surface area contributed by atoms with Crippen molar-refractivity contribution >= 4 is 0 Å². The van der Waals surface area contributed by atoms with E-state index in [1.165, 1.54) is 0 Å². The third-order valence-corrected chi connectivity index (χ3v) is 2.71. The van der Waals surface area contributed by atoms with E-state index in [1.54, 1.807) is 0 Å². The molecular weight excluding hydrogens is 152 g/mol. The predicted octanol–water partition coefficient (Wildman–Crippen LogP) is 1.90. The summed E-state index contributed by atoms with van der Waals surface area (Å²) in [6, 6.07) is 0. The minimum absolute atomic E-state index is 0.0446. The number of allylic oxidation sites excluding steroid dienone is 1. The molecule has 2 rings (SSSR count). The van der Waals surface area contributed by atoms with Gasteiger partial charge in [-0.1, -0.05) is 12.2 Å². The predicted molar refractivity (Wildman–Crippen MR) is 47.1 cm³/mol. The van der Waals surface area contributed by atoms with E-state index < -0.39 is 0 Å². The lowest BCUT2D eigenvalue weighted by Crippen LogP contribution is -2.32. The van der Waals surface area contributed by atoms with Gasteiger partial charge in [-0.15, -0.1) is 0 Å². The van der Waals surface area contributed by atoms with Crippen LogP contribution < -0.4 is 0 Å². The molecule has 0 aromatic heterocycles. The molecule has 2 atom stereocenters. The van der Waals surface area contributed by atoms with E-state index in [0.29, 0.717) is 6.10 Å². The second kappa shape index (κ2) is 3.19. The summed E-state index contributed by atoms with van der Waals surface area (Å²) in [5.41, 5.74) is 0.0446. The maximum absolute atomic E-state index is 5.81. The molecule has 12 heavy (non-hydrogen) atoms. The number of hydrogen-bond acceptors (Lipinski definition) is 2. The molecule has 2 nitrogen and oxygen atoms in total. The highest BCUT2D eigenvalue weighted by Crippen LogP contribution is 2.33. The van der Waals surface area contributed by atoms with Gasteiger partial charge >= 0.3 is 0 Å². The van der Waals surface area contributed by atoms with Crippen LogP contribution in [-0.4, -0.2) is 24.9 Å².